The number of halogens is 3. The molecule has 0 aliphatic rings. The molecule has 22 heavy (non-hydrogen) atoms. The van der Waals surface area contributed by atoms with E-state index in [0.29, 0.717) is 28.8 Å². The summed E-state index contributed by atoms with van der Waals surface area (Å²) in [6.45, 7) is 5.22. The van der Waals surface area contributed by atoms with Gasteiger partial charge in [0.05, 0.1) is 5.69 Å². The van der Waals surface area contributed by atoms with Crippen LogP contribution in [0.25, 0.3) is 0 Å². The van der Waals surface area contributed by atoms with Gasteiger partial charge in [-0.25, -0.2) is 8.78 Å². The van der Waals surface area contributed by atoms with Crippen molar-refractivity contribution in [3.05, 3.63) is 63.6 Å². The van der Waals surface area contributed by atoms with Gasteiger partial charge in [-0.1, -0.05) is 0 Å². The second kappa shape index (κ2) is 7.01. The molecule has 0 aromatic heterocycles. The highest BCUT2D eigenvalue weighted by atomic mass is 79.9. The first-order chi connectivity index (χ1) is 10.5. The van der Waals surface area contributed by atoms with Crippen molar-refractivity contribution in [3.8, 4) is 0 Å². The molecule has 2 nitrogen and oxygen atoms in total. The van der Waals surface area contributed by atoms with Crippen LogP contribution in [0.2, 0.25) is 0 Å². The summed E-state index contributed by atoms with van der Waals surface area (Å²) in [7, 11) is 0. The number of carbonyl (C=O) groups is 1. The number of anilines is 1. The molecule has 0 spiro atoms. The molecule has 0 heterocycles. The summed E-state index contributed by atoms with van der Waals surface area (Å²) >= 11 is 3.33. The van der Waals surface area contributed by atoms with Crippen molar-refractivity contribution in [2.75, 3.05) is 18.0 Å². The minimum Gasteiger partial charge on any atom is -0.370 e. The molecular formula is C17H16BrF2NO. The van der Waals surface area contributed by atoms with Crippen molar-refractivity contribution < 1.29 is 13.6 Å². The number of ketones is 1. The smallest absolute Gasteiger partial charge is 0.194 e. The van der Waals surface area contributed by atoms with Gasteiger partial charge in [-0.05, 0) is 66.2 Å². The first-order valence-electron chi connectivity index (χ1n) is 7.02. The van der Waals surface area contributed by atoms with Gasteiger partial charge >= 0.3 is 0 Å². The summed E-state index contributed by atoms with van der Waals surface area (Å²) in [5.74, 6) is -1.21. The Bertz CT molecular complexity index is 682. The zero-order valence-corrected chi connectivity index (χ0v) is 14.0. The highest BCUT2D eigenvalue weighted by Crippen LogP contribution is 2.29. The van der Waals surface area contributed by atoms with Crippen LogP contribution in [0.1, 0.15) is 29.8 Å². The number of rotatable bonds is 5. The first kappa shape index (κ1) is 16.6. The highest BCUT2D eigenvalue weighted by Gasteiger charge is 2.18. The Balaban J connectivity index is 2.42. The van der Waals surface area contributed by atoms with Crippen LogP contribution in [0.5, 0.6) is 0 Å². The van der Waals surface area contributed by atoms with Crippen LogP contribution in [0.3, 0.4) is 0 Å². The van der Waals surface area contributed by atoms with E-state index in [0.717, 1.165) is 0 Å². The zero-order valence-electron chi connectivity index (χ0n) is 12.4. The summed E-state index contributed by atoms with van der Waals surface area (Å²) in [6, 6.07) is 8.03. The number of hydrogen-bond acceptors (Lipinski definition) is 2. The lowest BCUT2D eigenvalue weighted by Gasteiger charge is -2.22. The lowest BCUT2D eigenvalue weighted by Crippen LogP contribution is -2.23. The van der Waals surface area contributed by atoms with Gasteiger partial charge in [0.15, 0.2) is 5.78 Å². The van der Waals surface area contributed by atoms with Crippen LogP contribution in [0.4, 0.5) is 14.5 Å². The third-order valence-electron chi connectivity index (χ3n) is 3.49. The monoisotopic (exact) mass is 367 g/mol. The molecule has 0 amide bonds. The molecule has 0 unspecified atom stereocenters. The highest BCUT2D eigenvalue weighted by molar-refractivity contribution is 9.10. The molecular weight excluding hydrogens is 352 g/mol. The van der Waals surface area contributed by atoms with E-state index in [1.165, 1.54) is 30.3 Å². The molecule has 0 atom stereocenters. The fourth-order valence-electron chi connectivity index (χ4n) is 2.27. The van der Waals surface area contributed by atoms with E-state index in [1.807, 2.05) is 18.7 Å². The van der Waals surface area contributed by atoms with Gasteiger partial charge in [0.25, 0.3) is 0 Å². The third kappa shape index (κ3) is 3.35. The summed E-state index contributed by atoms with van der Waals surface area (Å²) in [6.07, 6.45) is 0. The predicted octanol–water partition coefficient (Wildman–Crippen LogP) is 4.80. The molecule has 0 aliphatic heterocycles. The van der Waals surface area contributed by atoms with Gasteiger partial charge in [-0.2, -0.15) is 0 Å². The van der Waals surface area contributed by atoms with Crippen LogP contribution >= 0.6 is 15.9 Å². The maximum absolute atomic E-state index is 14.3. The molecule has 0 bridgehead atoms. The Morgan fingerprint density at radius 3 is 2.23 bits per heavy atom. The third-order valence-corrected chi connectivity index (χ3v) is 4.15. The van der Waals surface area contributed by atoms with Crippen molar-refractivity contribution in [2.24, 2.45) is 0 Å². The Morgan fingerprint density at radius 1 is 1.09 bits per heavy atom. The largest absolute Gasteiger partial charge is 0.370 e. The van der Waals surface area contributed by atoms with Crippen molar-refractivity contribution in [1.82, 2.24) is 0 Å². The summed E-state index contributed by atoms with van der Waals surface area (Å²) < 4.78 is 27.8. The number of nitrogens with zero attached hydrogens (tertiary/aromatic N) is 1. The van der Waals surface area contributed by atoms with Gasteiger partial charge in [0, 0.05) is 28.7 Å². The van der Waals surface area contributed by atoms with Gasteiger partial charge in [0.1, 0.15) is 11.6 Å². The van der Waals surface area contributed by atoms with Crippen LogP contribution < -0.4 is 4.90 Å². The van der Waals surface area contributed by atoms with E-state index in [9.17, 15) is 13.6 Å². The summed E-state index contributed by atoms with van der Waals surface area (Å²) in [5, 5.41) is 0. The van der Waals surface area contributed by atoms with E-state index in [-0.39, 0.29) is 11.3 Å². The Kier molecular flexibility index (Phi) is 5.29. The summed E-state index contributed by atoms with van der Waals surface area (Å²) in [4.78, 5) is 14.3. The Morgan fingerprint density at radius 2 is 1.68 bits per heavy atom. The lowest BCUT2D eigenvalue weighted by atomic mass is 10.0. The lowest BCUT2D eigenvalue weighted by molar-refractivity contribution is 0.103. The molecule has 0 saturated carbocycles. The number of carbonyl (C=O) groups excluding carboxylic acids is 1. The van der Waals surface area contributed by atoms with Gasteiger partial charge in [-0.15, -0.1) is 0 Å². The molecule has 0 aliphatic carbocycles. The van der Waals surface area contributed by atoms with E-state index in [4.69, 9.17) is 0 Å². The Hall–Kier alpha value is -1.75. The van der Waals surface area contributed by atoms with Crippen molar-refractivity contribution >= 4 is 27.4 Å². The number of benzene rings is 2. The average Bonchev–Trinajstić information content (AvgIpc) is 2.51. The van der Waals surface area contributed by atoms with Crippen LogP contribution in [-0.2, 0) is 0 Å². The van der Waals surface area contributed by atoms with E-state index in [2.05, 4.69) is 15.9 Å². The van der Waals surface area contributed by atoms with Crippen LogP contribution in [0.15, 0.2) is 40.9 Å². The van der Waals surface area contributed by atoms with Crippen LogP contribution in [-0.4, -0.2) is 18.9 Å². The quantitative estimate of drug-likeness (QED) is 0.707. The minimum absolute atomic E-state index is 0.222. The fourth-order valence-corrected chi connectivity index (χ4v) is 2.79. The second-order valence-electron chi connectivity index (χ2n) is 4.79. The van der Waals surface area contributed by atoms with E-state index >= 15 is 0 Å². The van der Waals surface area contributed by atoms with E-state index in [1.54, 1.807) is 6.07 Å². The SMILES string of the molecule is CCN(CC)c1cc(Br)c(C(=O)c2ccc(F)cc2)cc1F. The van der Waals surface area contributed by atoms with Crippen molar-refractivity contribution in [2.45, 2.75) is 13.8 Å². The predicted molar refractivity (Wildman–Crippen MR) is 87.5 cm³/mol. The second-order valence-corrected chi connectivity index (χ2v) is 5.65. The molecule has 2 rings (SSSR count). The number of hydrogen-bond donors (Lipinski definition) is 0. The molecule has 2 aromatic carbocycles. The van der Waals surface area contributed by atoms with Gasteiger partial charge in [0.2, 0.25) is 0 Å². The maximum atomic E-state index is 14.3. The topological polar surface area (TPSA) is 20.3 Å². The molecule has 116 valence electrons. The molecule has 2 aromatic rings. The first-order valence-corrected chi connectivity index (χ1v) is 7.81. The molecule has 0 fully saturated rings. The van der Waals surface area contributed by atoms with Crippen molar-refractivity contribution in [1.29, 1.82) is 0 Å². The molecule has 0 radical (unpaired) electrons. The summed E-state index contributed by atoms with van der Waals surface area (Å²) in [5.41, 5.74) is 0.990. The van der Waals surface area contributed by atoms with Crippen LogP contribution in [0, 0.1) is 11.6 Å². The molecule has 5 heteroatoms. The standard InChI is InChI=1S/C17H16BrF2NO/c1-3-21(4-2)16-10-14(18)13(9-15(16)20)17(22)11-5-7-12(19)8-6-11/h5-10H,3-4H2,1-2H3. The normalized spacial score (nSPS) is 10.6. The average molecular weight is 368 g/mol. The van der Waals surface area contributed by atoms with Crippen molar-refractivity contribution in [3.63, 3.8) is 0 Å². The van der Waals surface area contributed by atoms with Gasteiger partial charge in [-0.3, -0.25) is 4.79 Å². The molecule has 0 N–H and O–H groups in total. The Labute approximate surface area is 136 Å². The molecule has 0 saturated heterocycles. The minimum atomic E-state index is -0.447. The van der Waals surface area contributed by atoms with E-state index < -0.39 is 11.6 Å². The zero-order chi connectivity index (χ0) is 16.3. The fraction of sp³-hybridized carbons (Fsp3) is 0.235. The van der Waals surface area contributed by atoms with Gasteiger partial charge < -0.3 is 4.90 Å². The maximum Gasteiger partial charge on any atom is 0.194 e.